The molecular formula is C14H20N2O6S. The van der Waals surface area contributed by atoms with E-state index in [0.29, 0.717) is 0 Å². The van der Waals surface area contributed by atoms with Crippen LogP contribution in [0.2, 0.25) is 0 Å². The Morgan fingerprint density at radius 2 is 1.87 bits per heavy atom. The lowest BCUT2D eigenvalue weighted by Crippen LogP contribution is -2.42. The summed E-state index contributed by atoms with van der Waals surface area (Å²) >= 11 is 0. The summed E-state index contributed by atoms with van der Waals surface area (Å²) in [7, 11) is -4.45. The van der Waals surface area contributed by atoms with Crippen molar-refractivity contribution in [1.82, 2.24) is 9.45 Å². The standard InChI is InChI=1S/C14H20N2O6S/c1-10(2)12(17)22-16(13(18)21-14(3,4)5)23(19,20)11-7-6-8-15-9-11/h6-10H,1-5H3. The van der Waals surface area contributed by atoms with Crippen LogP contribution in [0.4, 0.5) is 4.79 Å². The second-order valence-corrected chi connectivity index (χ2v) is 7.72. The van der Waals surface area contributed by atoms with E-state index in [2.05, 4.69) is 4.98 Å². The van der Waals surface area contributed by atoms with Gasteiger partial charge in [-0.2, -0.15) is 8.42 Å². The molecule has 0 saturated heterocycles. The molecule has 1 rings (SSSR count). The van der Waals surface area contributed by atoms with E-state index in [4.69, 9.17) is 9.57 Å². The van der Waals surface area contributed by atoms with Crippen molar-refractivity contribution in [1.29, 1.82) is 0 Å². The smallest absolute Gasteiger partial charge is 0.441 e. The van der Waals surface area contributed by atoms with E-state index in [1.807, 2.05) is 0 Å². The number of hydroxylamine groups is 1. The Hall–Kier alpha value is -2.16. The highest BCUT2D eigenvalue weighted by Crippen LogP contribution is 2.20. The molecule has 0 radical (unpaired) electrons. The fourth-order valence-electron chi connectivity index (χ4n) is 1.27. The molecule has 0 aromatic carbocycles. The van der Waals surface area contributed by atoms with Crippen molar-refractivity contribution in [3.8, 4) is 0 Å². The highest BCUT2D eigenvalue weighted by Gasteiger charge is 2.37. The molecule has 0 fully saturated rings. The molecule has 0 aliphatic carbocycles. The van der Waals surface area contributed by atoms with Gasteiger partial charge >= 0.3 is 22.1 Å². The van der Waals surface area contributed by atoms with E-state index < -0.39 is 33.6 Å². The molecule has 8 nitrogen and oxygen atoms in total. The van der Waals surface area contributed by atoms with Crippen molar-refractivity contribution in [2.45, 2.75) is 45.1 Å². The van der Waals surface area contributed by atoms with Gasteiger partial charge < -0.3 is 9.57 Å². The van der Waals surface area contributed by atoms with Crippen LogP contribution in [0.25, 0.3) is 0 Å². The maximum atomic E-state index is 12.5. The molecule has 0 spiro atoms. The fraction of sp³-hybridized carbons (Fsp3) is 0.500. The molecular weight excluding hydrogens is 324 g/mol. The molecule has 0 bridgehead atoms. The van der Waals surface area contributed by atoms with Gasteiger partial charge in [0, 0.05) is 12.4 Å². The summed E-state index contributed by atoms with van der Waals surface area (Å²) in [6.07, 6.45) is 1.10. The van der Waals surface area contributed by atoms with Crippen LogP contribution in [0.15, 0.2) is 29.4 Å². The minimum Gasteiger partial charge on any atom is -0.441 e. The van der Waals surface area contributed by atoms with Crippen LogP contribution in [0.5, 0.6) is 0 Å². The molecule has 1 aromatic rings. The highest BCUT2D eigenvalue weighted by molar-refractivity contribution is 7.89. The third kappa shape index (κ3) is 5.20. The van der Waals surface area contributed by atoms with Crippen molar-refractivity contribution in [2.24, 2.45) is 5.92 Å². The van der Waals surface area contributed by atoms with Gasteiger partial charge in [0.2, 0.25) is 0 Å². The van der Waals surface area contributed by atoms with Crippen LogP contribution in [-0.4, -0.2) is 35.5 Å². The summed E-state index contributed by atoms with van der Waals surface area (Å²) in [5.41, 5.74) is -0.968. The van der Waals surface area contributed by atoms with Gasteiger partial charge in [0.15, 0.2) is 0 Å². The molecule has 0 aliphatic rings. The normalized spacial score (nSPS) is 11.9. The first-order chi connectivity index (χ1) is 10.4. The Labute approximate surface area is 135 Å². The Morgan fingerprint density at radius 1 is 1.26 bits per heavy atom. The SMILES string of the molecule is CC(C)C(=O)ON(C(=O)OC(C)(C)C)S(=O)(=O)c1cccnc1. The Kier molecular flexibility index (Phi) is 5.70. The lowest BCUT2D eigenvalue weighted by Gasteiger charge is -2.25. The number of carbonyl (C=O) groups is 2. The van der Waals surface area contributed by atoms with Crippen LogP contribution < -0.4 is 0 Å². The second-order valence-electron chi connectivity index (χ2n) is 5.97. The zero-order valence-electron chi connectivity index (χ0n) is 13.6. The van der Waals surface area contributed by atoms with Crippen LogP contribution in [0.3, 0.4) is 0 Å². The number of ether oxygens (including phenoxy) is 1. The number of pyridine rings is 1. The van der Waals surface area contributed by atoms with Crippen molar-refractivity contribution in [3.05, 3.63) is 24.5 Å². The lowest BCUT2D eigenvalue weighted by molar-refractivity contribution is -0.170. The van der Waals surface area contributed by atoms with Crippen molar-refractivity contribution >= 4 is 22.1 Å². The summed E-state index contributed by atoms with van der Waals surface area (Å²) in [5.74, 6) is -1.52. The van der Waals surface area contributed by atoms with Gasteiger partial charge in [0.25, 0.3) is 0 Å². The summed E-state index contributed by atoms with van der Waals surface area (Å²) in [6.45, 7) is 7.69. The van der Waals surface area contributed by atoms with Crippen molar-refractivity contribution in [3.63, 3.8) is 0 Å². The van der Waals surface area contributed by atoms with Gasteiger partial charge in [0.1, 0.15) is 10.5 Å². The molecule has 0 atom stereocenters. The molecule has 0 saturated carbocycles. The first-order valence-electron chi connectivity index (χ1n) is 6.85. The third-order valence-electron chi connectivity index (χ3n) is 2.34. The Bertz CT molecular complexity index is 664. The molecule has 1 amide bonds. The number of rotatable bonds is 3. The minimum absolute atomic E-state index is 0.0441. The average Bonchev–Trinajstić information content (AvgIpc) is 2.43. The predicted octanol–water partition coefficient (Wildman–Crippen LogP) is 2.12. The van der Waals surface area contributed by atoms with Crippen molar-refractivity contribution < 1.29 is 27.6 Å². The van der Waals surface area contributed by atoms with E-state index >= 15 is 0 Å². The topological polar surface area (TPSA) is 103 Å². The molecule has 0 aliphatic heterocycles. The van der Waals surface area contributed by atoms with Gasteiger partial charge in [-0.3, -0.25) is 4.98 Å². The zero-order valence-corrected chi connectivity index (χ0v) is 14.5. The summed E-state index contributed by atoms with van der Waals surface area (Å²) in [6, 6.07) is 2.60. The summed E-state index contributed by atoms with van der Waals surface area (Å²) in [5, 5.41) is 0. The number of hydrogen-bond donors (Lipinski definition) is 0. The monoisotopic (exact) mass is 344 g/mol. The van der Waals surface area contributed by atoms with E-state index in [-0.39, 0.29) is 9.36 Å². The molecule has 0 N–H and O–H groups in total. The first kappa shape index (κ1) is 18.9. The van der Waals surface area contributed by atoms with Crippen LogP contribution >= 0.6 is 0 Å². The van der Waals surface area contributed by atoms with Crippen LogP contribution in [-0.2, 0) is 24.4 Å². The number of carbonyl (C=O) groups excluding carboxylic acids is 2. The van der Waals surface area contributed by atoms with Gasteiger partial charge in [0.05, 0.1) is 5.92 Å². The van der Waals surface area contributed by atoms with Crippen molar-refractivity contribution in [2.75, 3.05) is 0 Å². The molecule has 9 heteroatoms. The Morgan fingerprint density at radius 3 is 2.30 bits per heavy atom. The van der Waals surface area contributed by atoms with E-state index in [1.54, 1.807) is 20.8 Å². The second kappa shape index (κ2) is 6.95. The lowest BCUT2D eigenvalue weighted by atomic mass is 10.2. The predicted molar refractivity (Wildman–Crippen MR) is 80.4 cm³/mol. The van der Waals surface area contributed by atoms with Gasteiger partial charge in [-0.15, -0.1) is 0 Å². The maximum absolute atomic E-state index is 12.5. The average molecular weight is 344 g/mol. The summed E-state index contributed by atoms with van der Waals surface area (Å²) < 4.78 is 30.0. The number of aromatic nitrogens is 1. The molecule has 0 unspecified atom stereocenters. The van der Waals surface area contributed by atoms with Crippen LogP contribution in [0.1, 0.15) is 34.6 Å². The quantitative estimate of drug-likeness (QED) is 0.774. The van der Waals surface area contributed by atoms with Gasteiger partial charge in [-0.25, -0.2) is 9.59 Å². The highest BCUT2D eigenvalue weighted by atomic mass is 32.2. The molecule has 23 heavy (non-hydrogen) atoms. The number of hydrogen-bond acceptors (Lipinski definition) is 7. The summed E-state index contributed by atoms with van der Waals surface area (Å²) in [4.78, 5) is 32.0. The maximum Gasteiger partial charge on any atom is 0.459 e. The van der Waals surface area contributed by atoms with E-state index in [9.17, 15) is 18.0 Å². The van der Waals surface area contributed by atoms with Crippen LogP contribution in [0, 0.1) is 5.92 Å². The zero-order chi connectivity index (χ0) is 17.8. The van der Waals surface area contributed by atoms with Gasteiger partial charge in [-0.05, 0) is 37.4 Å². The third-order valence-corrected chi connectivity index (χ3v) is 3.83. The number of sulfonamides is 1. The fourth-order valence-corrected chi connectivity index (χ4v) is 2.31. The van der Waals surface area contributed by atoms with E-state index in [1.165, 1.54) is 32.2 Å². The Balaban J connectivity index is 3.23. The number of amides is 1. The largest absolute Gasteiger partial charge is 0.459 e. The molecule has 128 valence electrons. The molecule has 1 heterocycles. The first-order valence-corrected chi connectivity index (χ1v) is 8.29. The molecule has 1 aromatic heterocycles. The number of nitrogens with zero attached hydrogens (tertiary/aromatic N) is 2. The van der Waals surface area contributed by atoms with Gasteiger partial charge in [-0.1, -0.05) is 13.8 Å². The van der Waals surface area contributed by atoms with E-state index in [0.717, 1.165) is 6.20 Å². The minimum atomic E-state index is -4.45.